The maximum Gasteiger partial charge on any atom is 0.220 e. The highest BCUT2D eigenvalue weighted by molar-refractivity contribution is 5.83. The van der Waals surface area contributed by atoms with Crippen molar-refractivity contribution in [2.45, 2.75) is 31.7 Å². The molecule has 158 valence electrons. The maximum atomic E-state index is 14.5. The highest BCUT2D eigenvalue weighted by atomic mass is 19.2. The minimum absolute atomic E-state index is 0.00390. The first-order valence-electron chi connectivity index (χ1n) is 9.82. The van der Waals surface area contributed by atoms with Crippen molar-refractivity contribution in [2.75, 3.05) is 13.2 Å². The summed E-state index contributed by atoms with van der Waals surface area (Å²) in [6, 6.07) is 5.31. The molecule has 2 unspecified atom stereocenters. The molecule has 0 bridgehead atoms. The lowest BCUT2D eigenvalue weighted by Gasteiger charge is -2.47. The Bertz CT molecular complexity index is 1050. The van der Waals surface area contributed by atoms with E-state index in [4.69, 9.17) is 0 Å². The van der Waals surface area contributed by atoms with Crippen LogP contribution in [0.3, 0.4) is 0 Å². The molecule has 0 radical (unpaired) electrons. The van der Waals surface area contributed by atoms with Crippen molar-refractivity contribution >= 4 is 11.5 Å². The molecule has 2 aromatic rings. The average molecular weight is 419 g/mol. The zero-order chi connectivity index (χ0) is 21.6. The Morgan fingerprint density at radius 1 is 1.13 bits per heavy atom. The van der Waals surface area contributed by atoms with Crippen molar-refractivity contribution in [3.63, 3.8) is 0 Å². The van der Waals surface area contributed by atoms with E-state index in [1.54, 1.807) is 6.08 Å². The number of aliphatic hydroxyl groups is 1. The summed E-state index contributed by atoms with van der Waals surface area (Å²) in [6.45, 7) is 1.19. The Balaban J connectivity index is 1.99. The second kappa shape index (κ2) is 7.54. The second-order valence-corrected chi connectivity index (χ2v) is 7.90. The third-order valence-corrected chi connectivity index (χ3v) is 6.26. The molecule has 1 spiro atoms. The molecule has 1 amide bonds. The van der Waals surface area contributed by atoms with E-state index in [1.807, 2.05) is 0 Å². The van der Waals surface area contributed by atoms with Gasteiger partial charge in [-0.1, -0.05) is 0 Å². The van der Waals surface area contributed by atoms with Gasteiger partial charge in [0.05, 0.1) is 5.54 Å². The third-order valence-electron chi connectivity index (χ3n) is 6.26. The monoisotopic (exact) mass is 419 g/mol. The number of fused-ring (bicyclic) bond motifs is 2. The molecule has 0 saturated heterocycles. The van der Waals surface area contributed by atoms with Crippen molar-refractivity contribution in [1.82, 2.24) is 4.90 Å². The van der Waals surface area contributed by atoms with Crippen LogP contribution in [0.4, 0.5) is 17.6 Å². The molecule has 2 atom stereocenters. The number of aliphatic hydroxyl groups excluding tert-OH is 1. The molecule has 0 saturated carbocycles. The van der Waals surface area contributed by atoms with Crippen LogP contribution in [0.1, 0.15) is 36.5 Å². The molecule has 7 heteroatoms. The summed E-state index contributed by atoms with van der Waals surface area (Å²) in [4.78, 5) is 14.1. The van der Waals surface area contributed by atoms with Crippen LogP contribution in [-0.4, -0.2) is 29.1 Å². The average Bonchev–Trinajstić information content (AvgIpc) is 3.09. The van der Waals surface area contributed by atoms with Crippen LogP contribution < -0.4 is 0 Å². The lowest BCUT2D eigenvalue weighted by molar-refractivity contribution is -0.135. The summed E-state index contributed by atoms with van der Waals surface area (Å²) in [7, 11) is 0. The number of halogens is 4. The normalized spacial score (nSPS) is 22.9. The number of hydrogen-bond acceptors (Lipinski definition) is 2. The number of hydrogen-bond donors (Lipinski definition) is 1. The largest absolute Gasteiger partial charge is 0.396 e. The standard InChI is InChI=1S/C23H21F4NO2/c1-13(30)28-12-15(18-9-17(24)4-5-20(18)25)11-23(28)16(6-7-29)3-2-14-8-21(26)22(27)10-19(14)23/h4-5,8-11,16,29H,2-3,6-7,12H2,1H3. The molecule has 1 aliphatic carbocycles. The molecule has 4 rings (SSSR count). The molecule has 2 aromatic carbocycles. The van der Waals surface area contributed by atoms with Crippen molar-refractivity contribution in [1.29, 1.82) is 0 Å². The van der Waals surface area contributed by atoms with E-state index in [9.17, 15) is 27.5 Å². The fraction of sp³-hybridized carbons (Fsp3) is 0.348. The summed E-state index contributed by atoms with van der Waals surface area (Å²) in [5, 5.41) is 9.63. The van der Waals surface area contributed by atoms with Crippen molar-refractivity contribution < 1.29 is 27.5 Å². The number of aryl methyl sites for hydroxylation is 1. The van der Waals surface area contributed by atoms with E-state index in [1.165, 1.54) is 11.8 Å². The first-order chi connectivity index (χ1) is 14.3. The van der Waals surface area contributed by atoms with Crippen LogP contribution in [0.2, 0.25) is 0 Å². The van der Waals surface area contributed by atoms with Gasteiger partial charge in [0, 0.05) is 25.6 Å². The first kappa shape index (κ1) is 20.6. The lowest BCUT2D eigenvalue weighted by Crippen LogP contribution is -2.52. The predicted molar refractivity (Wildman–Crippen MR) is 103 cm³/mol. The van der Waals surface area contributed by atoms with Crippen molar-refractivity contribution in [2.24, 2.45) is 5.92 Å². The minimum Gasteiger partial charge on any atom is -0.396 e. The summed E-state index contributed by atoms with van der Waals surface area (Å²) in [5.41, 5.74) is 0.225. The van der Waals surface area contributed by atoms with Crippen LogP contribution >= 0.6 is 0 Å². The molecule has 2 aliphatic rings. The highest BCUT2D eigenvalue weighted by Gasteiger charge is 2.52. The number of rotatable bonds is 3. The Labute approximate surface area is 171 Å². The van der Waals surface area contributed by atoms with Gasteiger partial charge in [0.2, 0.25) is 5.91 Å². The van der Waals surface area contributed by atoms with Crippen LogP contribution in [0.25, 0.3) is 5.57 Å². The SMILES string of the molecule is CC(=O)N1CC(c2cc(F)ccc2F)=CC12c1cc(F)c(F)cc1CCC2CCO. The zero-order valence-corrected chi connectivity index (χ0v) is 16.4. The fourth-order valence-electron chi connectivity index (χ4n) is 4.99. The van der Waals surface area contributed by atoms with Gasteiger partial charge in [0.15, 0.2) is 11.6 Å². The Morgan fingerprint density at radius 3 is 2.57 bits per heavy atom. The van der Waals surface area contributed by atoms with E-state index < -0.39 is 28.8 Å². The lowest BCUT2D eigenvalue weighted by atomic mass is 9.67. The van der Waals surface area contributed by atoms with Crippen LogP contribution in [0, 0.1) is 29.2 Å². The summed E-state index contributed by atoms with van der Waals surface area (Å²) in [5.74, 6) is -3.90. The Kier molecular flexibility index (Phi) is 5.18. The number of benzene rings is 2. The van der Waals surface area contributed by atoms with Gasteiger partial charge < -0.3 is 10.0 Å². The quantitative estimate of drug-likeness (QED) is 0.753. The van der Waals surface area contributed by atoms with Crippen LogP contribution in [0.15, 0.2) is 36.4 Å². The highest BCUT2D eigenvalue weighted by Crippen LogP contribution is 2.52. The summed E-state index contributed by atoms with van der Waals surface area (Å²) in [6.07, 6.45) is 2.97. The third kappa shape index (κ3) is 3.12. The number of amides is 1. The van der Waals surface area contributed by atoms with Gasteiger partial charge in [0.25, 0.3) is 0 Å². The van der Waals surface area contributed by atoms with E-state index in [0.717, 1.165) is 30.3 Å². The van der Waals surface area contributed by atoms with Gasteiger partial charge in [0.1, 0.15) is 11.6 Å². The molecule has 30 heavy (non-hydrogen) atoms. The molecule has 3 nitrogen and oxygen atoms in total. The smallest absolute Gasteiger partial charge is 0.220 e. The van der Waals surface area contributed by atoms with Gasteiger partial charge in [-0.25, -0.2) is 17.6 Å². The van der Waals surface area contributed by atoms with Crippen molar-refractivity contribution in [3.8, 4) is 0 Å². The summed E-state index contributed by atoms with van der Waals surface area (Å²) >= 11 is 0. The molecule has 1 heterocycles. The molecule has 0 aromatic heterocycles. The van der Waals surface area contributed by atoms with E-state index in [2.05, 4.69) is 0 Å². The fourth-order valence-corrected chi connectivity index (χ4v) is 4.99. The molecular weight excluding hydrogens is 398 g/mol. The second-order valence-electron chi connectivity index (χ2n) is 7.90. The van der Waals surface area contributed by atoms with Gasteiger partial charge in [-0.05, 0) is 78.3 Å². The maximum absolute atomic E-state index is 14.5. The van der Waals surface area contributed by atoms with Gasteiger partial charge in [-0.2, -0.15) is 0 Å². The van der Waals surface area contributed by atoms with Crippen molar-refractivity contribution in [3.05, 3.63) is 76.4 Å². The van der Waals surface area contributed by atoms with E-state index in [-0.39, 0.29) is 30.5 Å². The van der Waals surface area contributed by atoms with Crippen LogP contribution in [-0.2, 0) is 16.8 Å². The Hall–Kier alpha value is -2.67. The minimum atomic E-state index is -1.18. The molecular formula is C23H21F4NO2. The molecule has 1 N–H and O–H groups in total. The van der Waals surface area contributed by atoms with Crippen LogP contribution in [0.5, 0.6) is 0 Å². The topological polar surface area (TPSA) is 40.5 Å². The zero-order valence-electron chi connectivity index (χ0n) is 16.4. The number of carbonyl (C=O) groups is 1. The first-order valence-corrected chi connectivity index (χ1v) is 9.82. The predicted octanol–water partition coefficient (Wildman–Crippen LogP) is 4.33. The van der Waals surface area contributed by atoms with Gasteiger partial charge >= 0.3 is 0 Å². The molecule has 0 fully saturated rings. The summed E-state index contributed by atoms with van der Waals surface area (Å²) < 4.78 is 56.5. The number of nitrogens with zero attached hydrogens (tertiary/aromatic N) is 1. The van der Waals surface area contributed by atoms with E-state index in [0.29, 0.717) is 36.0 Å². The molecule has 1 aliphatic heterocycles. The number of carbonyl (C=O) groups excluding carboxylic acids is 1. The Morgan fingerprint density at radius 2 is 1.87 bits per heavy atom. The van der Waals surface area contributed by atoms with Gasteiger partial charge in [-0.15, -0.1) is 0 Å². The van der Waals surface area contributed by atoms with E-state index >= 15 is 0 Å². The van der Waals surface area contributed by atoms with Gasteiger partial charge in [-0.3, -0.25) is 4.79 Å².